The minimum Gasteiger partial charge on any atom is -0.466 e. The van der Waals surface area contributed by atoms with Gasteiger partial charge in [-0.1, -0.05) is 34.1 Å². The fourth-order valence-electron chi connectivity index (χ4n) is 6.81. The van der Waals surface area contributed by atoms with Crippen LogP contribution in [0.25, 0.3) is 0 Å². The van der Waals surface area contributed by atoms with Crippen LogP contribution in [-0.2, 0) is 14.3 Å². The van der Waals surface area contributed by atoms with Crippen LogP contribution in [0.2, 0.25) is 0 Å². The molecule has 0 aromatic heterocycles. The van der Waals surface area contributed by atoms with Gasteiger partial charge in [0.25, 0.3) is 0 Å². The van der Waals surface area contributed by atoms with E-state index < -0.39 is 0 Å². The second kappa shape index (κ2) is 6.55. The van der Waals surface area contributed by atoms with E-state index in [2.05, 4.69) is 34.6 Å². The number of fused-ring (bicyclic) bond motifs is 3. The largest absolute Gasteiger partial charge is 0.466 e. The molecule has 0 spiro atoms. The van der Waals surface area contributed by atoms with Gasteiger partial charge in [-0.2, -0.15) is 0 Å². The van der Waals surface area contributed by atoms with Gasteiger partial charge in [0, 0.05) is 6.92 Å². The topological polar surface area (TPSA) is 35.5 Å². The van der Waals surface area contributed by atoms with E-state index in [1.54, 1.807) is 0 Å². The summed E-state index contributed by atoms with van der Waals surface area (Å²) < 4.78 is 11.9. The molecule has 6 atom stereocenters. The molecule has 25 heavy (non-hydrogen) atoms. The van der Waals surface area contributed by atoms with Gasteiger partial charge in [0.15, 0.2) is 0 Å². The Hall–Kier alpha value is -0.570. The van der Waals surface area contributed by atoms with E-state index in [-0.39, 0.29) is 11.6 Å². The minimum atomic E-state index is -0.181. The summed E-state index contributed by atoms with van der Waals surface area (Å²) in [5, 5.41) is 0. The van der Waals surface area contributed by atoms with Crippen LogP contribution in [0.15, 0.2) is 0 Å². The molecule has 3 fully saturated rings. The van der Waals surface area contributed by atoms with Crippen molar-refractivity contribution in [3.05, 3.63) is 0 Å². The molecule has 2 saturated carbocycles. The number of hydrogen-bond acceptors (Lipinski definition) is 3. The van der Waals surface area contributed by atoms with E-state index in [0.29, 0.717) is 35.4 Å². The lowest BCUT2D eigenvalue weighted by Crippen LogP contribution is -2.55. The van der Waals surface area contributed by atoms with Crippen molar-refractivity contribution in [3.63, 3.8) is 0 Å². The molecule has 3 aliphatic rings. The molecule has 1 saturated heterocycles. The maximum Gasteiger partial charge on any atom is 0.302 e. The van der Waals surface area contributed by atoms with Crippen LogP contribution in [-0.4, -0.2) is 24.3 Å². The second-order valence-electron chi connectivity index (χ2n) is 10.3. The van der Waals surface area contributed by atoms with Crippen LogP contribution in [0.1, 0.15) is 86.5 Å². The molecule has 0 radical (unpaired) electrons. The summed E-state index contributed by atoms with van der Waals surface area (Å²) in [6, 6.07) is 0. The molecule has 0 aromatic rings. The van der Waals surface area contributed by atoms with Crippen molar-refractivity contribution in [2.75, 3.05) is 6.61 Å². The van der Waals surface area contributed by atoms with Crippen molar-refractivity contribution in [1.82, 2.24) is 0 Å². The van der Waals surface area contributed by atoms with E-state index in [1.165, 1.54) is 45.4 Å². The van der Waals surface area contributed by atoms with Crippen LogP contribution in [0.4, 0.5) is 0 Å². The maximum absolute atomic E-state index is 11.0. The van der Waals surface area contributed by atoms with Gasteiger partial charge < -0.3 is 9.47 Å². The predicted octanol–water partition coefficient (Wildman–Crippen LogP) is 5.37. The Morgan fingerprint density at radius 2 is 1.88 bits per heavy atom. The van der Waals surface area contributed by atoms with Gasteiger partial charge in [0.2, 0.25) is 0 Å². The first-order chi connectivity index (χ1) is 11.6. The standard InChI is InChI=1S/C22H38O3/c1-15(9-13-24-16(2)23)17-14-19-21(5)11-7-10-20(3,4)18(21)8-12-22(19,6)25-17/h15,17-19H,7-14H2,1-6H3/t15-,17-,18-,19+,21-,22+/m0/s1. The van der Waals surface area contributed by atoms with E-state index in [1.807, 2.05) is 0 Å². The van der Waals surface area contributed by atoms with E-state index in [0.717, 1.165) is 12.3 Å². The number of rotatable bonds is 4. The van der Waals surface area contributed by atoms with E-state index >= 15 is 0 Å². The smallest absolute Gasteiger partial charge is 0.302 e. The number of carbonyl (C=O) groups excluding carboxylic acids is 1. The zero-order valence-corrected chi connectivity index (χ0v) is 17.2. The van der Waals surface area contributed by atoms with Gasteiger partial charge in [0.1, 0.15) is 0 Å². The second-order valence-corrected chi connectivity index (χ2v) is 10.3. The fourth-order valence-corrected chi connectivity index (χ4v) is 6.81. The van der Waals surface area contributed by atoms with Crippen molar-refractivity contribution in [2.45, 2.75) is 98.2 Å². The molecular formula is C22H38O3. The van der Waals surface area contributed by atoms with Gasteiger partial charge >= 0.3 is 5.97 Å². The van der Waals surface area contributed by atoms with Crippen LogP contribution < -0.4 is 0 Å². The van der Waals surface area contributed by atoms with Crippen molar-refractivity contribution in [3.8, 4) is 0 Å². The third-order valence-electron chi connectivity index (χ3n) is 8.14. The molecule has 1 heterocycles. The molecule has 0 bridgehead atoms. The Bertz CT molecular complexity index is 513. The van der Waals surface area contributed by atoms with Gasteiger partial charge in [-0.25, -0.2) is 0 Å². The summed E-state index contributed by atoms with van der Waals surface area (Å²) in [4.78, 5) is 11.0. The van der Waals surface area contributed by atoms with Gasteiger partial charge in [-0.3, -0.25) is 4.79 Å². The molecular weight excluding hydrogens is 312 g/mol. The first-order valence-corrected chi connectivity index (χ1v) is 10.4. The quantitative estimate of drug-likeness (QED) is 0.640. The summed E-state index contributed by atoms with van der Waals surface area (Å²) in [6.45, 7) is 14.2. The number of hydrogen-bond donors (Lipinski definition) is 0. The lowest BCUT2D eigenvalue weighted by Gasteiger charge is -2.60. The number of carbonyl (C=O) groups is 1. The van der Waals surface area contributed by atoms with Gasteiger partial charge in [-0.05, 0) is 74.0 Å². The summed E-state index contributed by atoms with van der Waals surface area (Å²) in [7, 11) is 0. The fraction of sp³-hybridized carbons (Fsp3) is 0.955. The summed E-state index contributed by atoms with van der Waals surface area (Å²) >= 11 is 0. The minimum absolute atomic E-state index is 0.0407. The highest BCUT2D eigenvalue weighted by atomic mass is 16.5. The van der Waals surface area contributed by atoms with Gasteiger partial charge in [0.05, 0.1) is 18.3 Å². The van der Waals surface area contributed by atoms with Crippen LogP contribution in [0.3, 0.4) is 0 Å². The molecule has 0 unspecified atom stereocenters. The normalized spacial score (nSPS) is 43.8. The van der Waals surface area contributed by atoms with Crippen molar-refractivity contribution < 1.29 is 14.3 Å². The maximum atomic E-state index is 11.0. The third kappa shape index (κ3) is 3.38. The molecule has 0 amide bonds. The summed E-state index contributed by atoms with van der Waals surface area (Å²) in [6.07, 6.45) is 9.00. The summed E-state index contributed by atoms with van der Waals surface area (Å²) in [5.41, 5.74) is 0.922. The lowest BCUT2D eigenvalue weighted by molar-refractivity contribution is -0.159. The van der Waals surface area contributed by atoms with Crippen LogP contribution >= 0.6 is 0 Å². The zero-order chi connectivity index (χ0) is 18.5. The van der Waals surface area contributed by atoms with E-state index in [9.17, 15) is 4.79 Å². The average molecular weight is 351 g/mol. The molecule has 0 N–H and O–H groups in total. The molecule has 0 aromatic carbocycles. The zero-order valence-electron chi connectivity index (χ0n) is 17.2. The predicted molar refractivity (Wildman–Crippen MR) is 100 cm³/mol. The van der Waals surface area contributed by atoms with E-state index in [4.69, 9.17) is 9.47 Å². The first-order valence-electron chi connectivity index (χ1n) is 10.4. The monoisotopic (exact) mass is 350 g/mol. The van der Waals surface area contributed by atoms with Crippen molar-refractivity contribution in [1.29, 1.82) is 0 Å². The molecule has 3 rings (SSSR count). The molecule has 1 aliphatic heterocycles. The Morgan fingerprint density at radius 3 is 2.56 bits per heavy atom. The Balaban J connectivity index is 1.72. The Labute approximate surface area is 154 Å². The average Bonchev–Trinajstić information content (AvgIpc) is 2.85. The Kier molecular flexibility index (Phi) is 5.03. The van der Waals surface area contributed by atoms with Crippen molar-refractivity contribution >= 4 is 5.97 Å². The SMILES string of the molecule is CC(=O)OCC[C@H](C)[C@@H]1C[C@@H]2[C@@]3(C)CCCC(C)(C)[C@@H]3CC[C@@]2(C)O1. The van der Waals surface area contributed by atoms with Crippen molar-refractivity contribution in [2.24, 2.45) is 28.6 Å². The Morgan fingerprint density at radius 1 is 1.16 bits per heavy atom. The first kappa shape index (κ1) is 19.2. The molecule has 3 nitrogen and oxygen atoms in total. The molecule has 2 aliphatic carbocycles. The summed E-state index contributed by atoms with van der Waals surface area (Å²) in [5.74, 6) is 1.76. The number of esters is 1. The lowest BCUT2D eigenvalue weighted by atomic mass is 9.45. The highest BCUT2D eigenvalue weighted by molar-refractivity contribution is 5.65. The number of ether oxygens (including phenoxy) is 2. The molecule has 3 heteroatoms. The van der Waals surface area contributed by atoms with Gasteiger partial charge in [-0.15, -0.1) is 0 Å². The van der Waals surface area contributed by atoms with Crippen LogP contribution in [0, 0.1) is 28.6 Å². The molecule has 144 valence electrons. The van der Waals surface area contributed by atoms with Crippen LogP contribution in [0.5, 0.6) is 0 Å². The highest BCUT2D eigenvalue weighted by Gasteiger charge is 2.62. The highest BCUT2D eigenvalue weighted by Crippen LogP contribution is 2.66. The third-order valence-corrected chi connectivity index (χ3v) is 8.14.